The molecule has 1 aliphatic rings. The molecular formula is C11H15NO. The third-order valence-electron chi connectivity index (χ3n) is 2.59. The van der Waals surface area contributed by atoms with Crippen LogP contribution in [0.15, 0.2) is 24.3 Å². The molecule has 0 aromatic heterocycles. The van der Waals surface area contributed by atoms with E-state index >= 15 is 0 Å². The van der Waals surface area contributed by atoms with Crippen LogP contribution >= 0.6 is 0 Å². The fourth-order valence-corrected chi connectivity index (χ4v) is 1.77. The Bertz CT molecular complexity index is 279. The summed E-state index contributed by atoms with van der Waals surface area (Å²) >= 11 is 0. The number of ether oxygens (including phenoxy) is 1. The van der Waals surface area contributed by atoms with Crippen LogP contribution < -0.4 is 5.73 Å². The second-order valence-corrected chi connectivity index (χ2v) is 3.51. The third-order valence-corrected chi connectivity index (χ3v) is 2.59. The molecule has 70 valence electrons. The standard InChI is InChI=1S/C11H15NO/c12-7-9-2-1-3-10(6-9)11-4-5-13-8-11/h1-3,6,11H,4-5,7-8,12H2. The SMILES string of the molecule is NCc1cccc(C2CCOC2)c1. The molecular weight excluding hydrogens is 162 g/mol. The lowest BCUT2D eigenvalue weighted by Crippen LogP contribution is -2.01. The molecule has 0 aliphatic carbocycles. The maximum absolute atomic E-state index is 5.59. The third kappa shape index (κ3) is 1.90. The minimum atomic E-state index is 0.589. The lowest BCUT2D eigenvalue weighted by molar-refractivity contribution is 0.194. The normalized spacial score (nSPS) is 22.1. The van der Waals surface area contributed by atoms with Gasteiger partial charge in [0.1, 0.15) is 0 Å². The van der Waals surface area contributed by atoms with Crippen molar-refractivity contribution in [1.82, 2.24) is 0 Å². The summed E-state index contributed by atoms with van der Waals surface area (Å²) in [6.07, 6.45) is 1.15. The Morgan fingerprint density at radius 3 is 3.08 bits per heavy atom. The molecule has 2 N–H and O–H groups in total. The van der Waals surface area contributed by atoms with Crippen LogP contribution in [0.1, 0.15) is 23.5 Å². The molecule has 1 aliphatic heterocycles. The van der Waals surface area contributed by atoms with Gasteiger partial charge in [0.2, 0.25) is 0 Å². The first kappa shape index (κ1) is 8.73. The van der Waals surface area contributed by atoms with Gasteiger partial charge >= 0.3 is 0 Å². The van der Waals surface area contributed by atoms with Gasteiger partial charge in [-0.2, -0.15) is 0 Å². The summed E-state index contributed by atoms with van der Waals surface area (Å²) in [5.41, 5.74) is 8.17. The smallest absolute Gasteiger partial charge is 0.0535 e. The molecule has 1 fully saturated rings. The van der Waals surface area contributed by atoms with Gasteiger partial charge in [-0.25, -0.2) is 0 Å². The molecule has 2 heteroatoms. The van der Waals surface area contributed by atoms with Gasteiger partial charge in [-0.1, -0.05) is 24.3 Å². The van der Waals surface area contributed by atoms with Gasteiger partial charge in [0.05, 0.1) is 6.61 Å². The van der Waals surface area contributed by atoms with E-state index < -0.39 is 0 Å². The van der Waals surface area contributed by atoms with E-state index in [1.807, 2.05) is 0 Å². The molecule has 1 saturated heterocycles. The molecule has 1 aromatic rings. The molecule has 1 atom stereocenters. The van der Waals surface area contributed by atoms with Crippen molar-refractivity contribution in [2.45, 2.75) is 18.9 Å². The van der Waals surface area contributed by atoms with Gasteiger partial charge in [-0.3, -0.25) is 0 Å². The Balaban J connectivity index is 2.18. The van der Waals surface area contributed by atoms with E-state index in [4.69, 9.17) is 10.5 Å². The largest absolute Gasteiger partial charge is 0.381 e. The van der Waals surface area contributed by atoms with Gasteiger partial charge in [0.25, 0.3) is 0 Å². The number of hydrogen-bond donors (Lipinski definition) is 1. The predicted octanol–water partition coefficient (Wildman–Crippen LogP) is 1.65. The second kappa shape index (κ2) is 3.90. The second-order valence-electron chi connectivity index (χ2n) is 3.51. The van der Waals surface area contributed by atoms with Crippen molar-refractivity contribution < 1.29 is 4.74 Å². The van der Waals surface area contributed by atoms with Crippen LogP contribution in [0.4, 0.5) is 0 Å². The highest BCUT2D eigenvalue weighted by Crippen LogP contribution is 2.25. The molecule has 0 saturated carbocycles. The van der Waals surface area contributed by atoms with Gasteiger partial charge < -0.3 is 10.5 Å². The van der Waals surface area contributed by atoms with E-state index in [1.165, 1.54) is 11.1 Å². The minimum absolute atomic E-state index is 0.589. The fraction of sp³-hybridized carbons (Fsp3) is 0.455. The van der Waals surface area contributed by atoms with E-state index in [0.717, 1.165) is 19.6 Å². The molecule has 2 nitrogen and oxygen atoms in total. The molecule has 13 heavy (non-hydrogen) atoms. The van der Waals surface area contributed by atoms with Crippen LogP contribution in [0.2, 0.25) is 0 Å². The van der Waals surface area contributed by atoms with Crippen LogP contribution in [0, 0.1) is 0 Å². The molecule has 0 amide bonds. The zero-order valence-electron chi connectivity index (χ0n) is 7.70. The van der Waals surface area contributed by atoms with Crippen molar-refractivity contribution in [2.75, 3.05) is 13.2 Å². The summed E-state index contributed by atoms with van der Waals surface area (Å²) in [5, 5.41) is 0. The van der Waals surface area contributed by atoms with E-state index in [2.05, 4.69) is 24.3 Å². The molecule has 2 rings (SSSR count). The van der Waals surface area contributed by atoms with Crippen molar-refractivity contribution in [3.05, 3.63) is 35.4 Å². The summed E-state index contributed by atoms with van der Waals surface area (Å²) in [5.74, 6) is 0.589. The number of rotatable bonds is 2. The quantitative estimate of drug-likeness (QED) is 0.745. The Hall–Kier alpha value is -0.860. The van der Waals surface area contributed by atoms with Gasteiger partial charge in [-0.05, 0) is 17.5 Å². The van der Waals surface area contributed by atoms with Gasteiger partial charge in [0.15, 0.2) is 0 Å². The lowest BCUT2D eigenvalue weighted by atomic mass is 9.97. The Morgan fingerprint density at radius 1 is 1.46 bits per heavy atom. The fourth-order valence-electron chi connectivity index (χ4n) is 1.77. The molecule has 1 heterocycles. The zero-order chi connectivity index (χ0) is 9.10. The highest BCUT2D eigenvalue weighted by Gasteiger charge is 2.17. The minimum Gasteiger partial charge on any atom is -0.381 e. The highest BCUT2D eigenvalue weighted by atomic mass is 16.5. The maximum atomic E-state index is 5.59. The molecule has 0 bridgehead atoms. The molecule has 1 aromatic carbocycles. The Labute approximate surface area is 78.7 Å². The van der Waals surface area contributed by atoms with Crippen LogP contribution in [-0.2, 0) is 11.3 Å². The van der Waals surface area contributed by atoms with Gasteiger partial charge in [-0.15, -0.1) is 0 Å². The van der Waals surface area contributed by atoms with Crippen LogP contribution in [0.5, 0.6) is 0 Å². The van der Waals surface area contributed by atoms with E-state index in [0.29, 0.717) is 12.5 Å². The van der Waals surface area contributed by atoms with Crippen molar-refractivity contribution in [1.29, 1.82) is 0 Å². The van der Waals surface area contributed by atoms with Crippen LogP contribution in [0.25, 0.3) is 0 Å². The van der Waals surface area contributed by atoms with Crippen LogP contribution in [-0.4, -0.2) is 13.2 Å². The zero-order valence-corrected chi connectivity index (χ0v) is 7.70. The van der Waals surface area contributed by atoms with Crippen LogP contribution in [0.3, 0.4) is 0 Å². The van der Waals surface area contributed by atoms with E-state index in [-0.39, 0.29) is 0 Å². The first-order valence-corrected chi connectivity index (χ1v) is 4.77. The summed E-state index contributed by atoms with van der Waals surface area (Å²) in [6, 6.07) is 8.51. The predicted molar refractivity (Wildman–Crippen MR) is 52.5 cm³/mol. The van der Waals surface area contributed by atoms with Crippen molar-refractivity contribution in [3.63, 3.8) is 0 Å². The number of nitrogens with two attached hydrogens (primary N) is 1. The average molecular weight is 177 g/mol. The van der Waals surface area contributed by atoms with E-state index in [1.54, 1.807) is 0 Å². The monoisotopic (exact) mass is 177 g/mol. The average Bonchev–Trinajstić information content (AvgIpc) is 2.71. The molecule has 1 unspecified atom stereocenters. The van der Waals surface area contributed by atoms with E-state index in [9.17, 15) is 0 Å². The summed E-state index contributed by atoms with van der Waals surface area (Å²) in [6.45, 7) is 2.40. The summed E-state index contributed by atoms with van der Waals surface area (Å²) < 4.78 is 5.35. The first-order valence-electron chi connectivity index (χ1n) is 4.77. The highest BCUT2D eigenvalue weighted by molar-refractivity contribution is 5.26. The number of benzene rings is 1. The Morgan fingerprint density at radius 2 is 2.38 bits per heavy atom. The maximum Gasteiger partial charge on any atom is 0.0535 e. The van der Waals surface area contributed by atoms with Crippen molar-refractivity contribution in [2.24, 2.45) is 5.73 Å². The van der Waals surface area contributed by atoms with Gasteiger partial charge in [0, 0.05) is 19.1 Å². The summed E-state index contributed by atoms with van der Waals surface area (Å²) in [7, 11) is 0. The number of hydrogen-bond acceptors (Lipinski definition) is 2. The topological polar surface area (TPSA) is 35.2 Å². The Kier molecular flexibility index (Phi) is 2.62. The first-order chi connectivity index (χ1) is 6.40. The lowest BCUT2D eigenvalue weighted by Gasteiger charge is -2.08. The summed E-state index contributed by atoms with van der Waals surface area (Å²) in [4.78, 5) is 0. The van der Waals surface area contributed by atoms with Crippen molar-refractivity contribution in [3.8, 4) is 0 Å². The molecule has 0 radical (unpaired) electrons. The van der Waals surface area contributed by atoms with Crippen molar-refractivity contribution >= 4 is 0 Å². The molecule has 0 spiro atoms.